The summed E-state index contributed by atoms with van der Waals surface area (Å²) in [7, 11) is 3.87. The molecule has 1 aromatic carbocycles. The topological polar surface area (TPSA) is 50.6 Å². The van der Waals surface area contributed by atoms with Gasteiger partial charge in [-0.1, -0.05) is 0 Å². The molecule has 2 aliphatic heterocycles. The Morgan fingerprint density at radius 1 is 1.15 bits per heavy atom. The number of fused-ring (bicyclic) bond motifs is 1. The average Bonchev–Trinajstić information content (AvgIpc) is 3.51. The first-order valence-electron chi connectivity index (χ1n) is 9.84. The molecule has 138 valence electrons. The number of rotatable bonds is 3. The van der Waals surface area contributed by atoms with Crippen molar-refractivity contribution in [2.24, 2.45) is 5.92 Å². The highest BCUT2D eigenvalue weighted by Gasteiger charge is 2.42. The second kappa shape index (κ2) is 6.92. The number of carbonyl (C=O) groups excluding carboxylic acids is 1. The summed E-state index contributed by atoms with van der Waals surface area (Å²) in [4.78, 5) is 19.8. The quantitative estimate of drug-likeness (QED) is 0.839. The maximum absolute atomic E-state index is 13.1. The predicted octanol–water partition coefficient (Wildman–Crippen LogP) is 2.71. The molecule has 1 saturated carbocycles. The molecule has 2 saturated heterocycles. The molecule has 0 bridgehead atoms. The van der Waals surface area contributed by atoms with Crippen LogP contribution in [0.2, 0.25) is 0 Å². The van der Waals surface area contributed by atoms with Crippen molar-refractivity contribution in [1.82, 2.24) is 9.80 Å². The highest BCUT2D eigenvalue weighted by molar-refractivity contribution is 5.95. The van der Waals surface area contributed by atoms with Gasteiger partial charge in [0.2, 0.25) is 0 Å². The van der Waals surface area contributed by atoms with Gasteiger partial charge in [0.05, 0.1) is 11.6 Å². The van der Waals surface area contributed by atoms with E-state index >= 15 is 0 Å². The van der Waals surface area contributed by atoms with Crippen molar-refractivity contribution in [3.05, 3.63) is 29.3 Å². The molecule has 1 amide bonds. The minimum Gasteiger partial charge on any atom is -0.378 e. The zero-order chi connectivity index (χ0) is 18.3. The number of hydrogen-bond donors (Lipinski definition) is 0. The van der Waals surface area contributed by atoms with E-state index in [1.54, 1.807) is 6.07 Å². The molecule has 0 aromatic heterocycles. The van der Waals surface area contributed by atoms with Gasteiger partial charge in [0.25, 0.3) is 5.91 Å². The van der Waals surface area contributed by atoms with Crippen molar-refractivity contribution in [2.75, 3.05) is 38.6 Å². The first kappa shape index (κ1) is 17.4. The first-order chi connectivity index (χ1) is 12.6. The minimum absolute atomic E-state index is 0.0761. The summed E-state index contributed by atoms with van der Waals surface area (Å²) < 4.78 is 0. The Kier molecular flexibility index (Phi) is 4.62. The van der Waals surface area contributed by atoms with Crippen LogP contribution < -0.4 is 4.90 Å². The van der Waals surface area contributed by atoms with E-state index in [2.05, 4.69) is 11.0 Å². The lowest BCUT2D eigenvalue weighted by atomic mass is 9.83. The van der Waals surface area contributed by atoms with E-state index in [1.807, 2.05) is 36.0 Å². The fraction of sp³-hybridized carbons (Fsp3) is 0.619. The van der Waals surface area contributed by atoms with Crippen molar-refractivity contribution in [2.45, 2.75) is 44.2 Å². The van der Waals surface area contributed by atoms with Crippen molar-refractivity contribution >= 4 is 11.6 Å². The van der Waals surface area contributed by atoms with Gasteiger partial charge < -0.3 is 9.80 Å². The molecule has 26 heavy (non-hydrogen) atoms. The Labute approximate surface area is 156 Å². The van der Waals surface area contributed by atoms with Crippen LogP contribution in [0.3, 0.4) is 0 Å². The molecule has 5 heteroatoms. The third-order valence-corrected chi connectivity index (χ3v) is 6.22. The summed E-state index contributed by atoms with van der Waals surface area (Å²) in [6.45, 7) is 2.94. The van der Waals surface area contributed by atoms with E-state index in [0.717, 1.165) is 31.2 Å². The monoisotopic (exact) mass is 352 g/mol. The van der Waals surface area contributed by atoms with Crippen LogP contribution >= 0.6 is 0 Å². The molecule has 0 N–H and O–H groups in total. The molecule has 5 nitrogen and oxygen atoms in total. The van der Waals surface area contributed by atoms with Gasteiger partial charge in [-0.15, -0.1) is 0 Å². The summed E-state index contributed by atoms with van der Waals surface area (Å²) in [6.07, 6.45) is 6.30. The maximum Gasteiger partial charge on any atom is 0.253 e. The van der Waals surface area contributed by atoms with E-state index in [0.29, 0.717) is 23.1 Å². The lowest BCUT2D eigenvalue weighted by Gasteiger charge is -2.47. The number of hydrogen-bond acceptors (Lipinski definition) is 4. The van der Waals surface area contributed by atoms with E-state index in [4.69, 9.17) is 0 Å². The first-order valence-corrected chi connectivity index (χ1v) is 9.84. The number of amides is 1. The number of nitriles is 1. The minimum atomic E-state index is 0.0761. The van der Waals surface area contributed by atoms with Gasteiger partial charge in [-0.25, -0.2) is 0 Å². The van der Waals surface area contributed by atoms with Crippen LogP contribution in [0.1, 0.15) is 48.0 Å². The molecule has 0 radical (unpaired) electrons. The Balaban J connectivity index is 1.51. The van der Waals surface area contributed by atoms with E-state index in [1.165, 1.54) is 32.2 Å². The Morgan fingerprint density at radius 3 is 2.65 bits per heavy atom. The van der Waals surface area contributed by atoms with Crippen LogP contribution in [0.5, 0.6) is 0 Å². The predicted molar refractivity (Wildman–Crippen MR) is 102 cm³/mol. The molecule has 3 aliphatic rings. The van der Waals surface area contributed by atoms with Crippen LogP contribution in [-0.2, 0) is 0 Å². The molecule has 4 rings (SSSR count). The zero-order valence-corrected chi connectivity index (χ0v) is 15.8. The standard InChI is InChI=1S/C21H28N4O/c1-23(2)19-11-15(13-22)10-17(12-19)21(26)24-9-7-20-16(14-24)4-3-8-25(20)18-5-6-18/h10-12,16,18,20H,3-9,14H2,1-2H3. The lowest BCUT2D eigenvalue weighted by Crippen LogP contribution is -2.55. The fourth-order valence-corrected chi connectivity index (χ4v) is 4.73. The van der Waals surface area contributed by atoms with Gasteiger partial charge in [0, 0.05) is 50.5 Å². The molecule has 0 spiro atoms. The van der Waals surface area contributed by atoms with Gasteiger partial charge in [-0.3, -0.25) is 9.69 Å². The third-order valence-electron chi connectivity index (χ3n) is 6.22. The number of piperidine rings is 2. The highest BCUT2D eigenvalue weighted by Crippen LogP contribution is 2.38. The van der Waals surface area contributed by atoms with Gasteiger partial charge in [-0.05, 0) is 62.8 Å². The van der Waals surface area contributed by atoms with Crippen LogP contribution in [0.15, 0.2) is 18.2 Å². The third kappa shape index (κ3) is 3.31. The average molecular weight is 352 g/mol. The summed E-state index contributed by atoms with van der Waals surface area (Å²) >= 11 is 0. The smallest absolute Gasteiger partial charge is 0.253 e. The molecule has 2 unspecified atom stereocenters. The molecule has 2 atom stereocenters. The van der Waals surface area contributed by atoms with Gasteiger partial charge in [-0.2, -0.15) is 5.26 Å². The van der Waals surface area contributed by atoms with Gasteiger partial charge >= 0.3 is 0 Å². The zero-order valence-electron chi connectivity index (χ0n) is 15.8. The van der Waals surface area contributed by atoms with E-state index in [9.17, 15) is 10.1 Å². The fourth-order valence-electron chi connectivity index (χ4n) is 4.73. The second-order valence-corrected chi connectivity index (χ2v) is 8.25. The van der Waals surface area contributed by atoms with Crippen LogP contribution in [-0.4, -0.2) is 61.5 Å². The van der Waals surface area contributed by atoms with E-state index in [-0.39, 0.29) is 5.91 Å². The summed E-state index contributed by atoms with van der Waals surface area (Å²) in [5.41, 5.74) is 2.09. The van der Waals surface area contributed by atoms with Crippen molar-refractivity contribution in [3.63, 3.8) is 0 Å². The molecule has 2 heterocycles. The number of carbonyl (C=O) groups is 1. The van der Waals surface area contributed by atoms with Crippen LogP contribution in [0, 0.1) is 17.2 Å². The number of nitrogens with zero attached hydrogens (tertiary/aromatic N) is 4. The van der Waals surface area contributed by atoms with Crippen LogP contribution in [0.4, 0.5) is 5.69 Å². The van der Waals surface area contributed by atoms with Crippen molar-refractivity contribution in [3.8, 4) is 6.07 Å². The Bertz CT molecular complexity index is 734. The highest BCUT2D eigenvalue weighted by atomic mass is 16.2. The number of likely N-dealkylation sites (tertiary alicyclic amines) is 2. The summed E-state index contributed by atoms with van der Waals surface area (Å²) in [5, 5.41) is 9.30. The molecule has 1 aromatic rings. The summed E-state index contributed by atoms with van der Waals surface area (Å²) in [6, 6.07) is 9.15. The molecular weight excluding hydrogens is 324 g/mol. The normalized spacial score (nSPS) is 26.1. The van der Waals surface area contributed by atoms with E-state index < -0.39 is 0 Å². The summed E-state index contributed by atoms with van der Waals surface area (Å²) in [5.74, 6) is 0.682. The maximum atomic E-state index is 13.1. The lowest BCUT2D eigenvalue weighted by molar-refractivity contribution is 0.0174. The molecular formula is C21H28N4O. The van der Waals surface area contributed by atoms with Gasteiger partial charge in [0.15, 0.2) is 0 Å². The van der Waals surface area contributed by atoms with Gasteiger partial charge in [0.1, 0.15) is 0 Å². The Morgan fingerprint density at radius 2 is 1.96 bits per heavy atom. The molecule has 3 fully saturated rings. The second-order valence-electron chi connectivity index (χ2n) is 8.25. The number of anilines is 1. The van der Waals surface area contributed by atoms with Crippen molar-refractivity contribution in [1.29, 1.82) is 5.26 Å². The molecule has 1 aliphatic carbocycles. The van der Waals surface area contributed by atoms with Crippen LogP contribution in [0.25, 0.3) is 0 Å². The SMILES string of the molecule is CN(C)c1cc(C#N)cc(C(=O)N2CCC3C(CCCN3C3CC3)C2)c1. The number of benzene rings is 1. The largest absolute Gasteiger partial charge is 0.378 e. The Hall–Kier alpha value is -2.06. The van der Waals surface area contributed by atoms with Crippen molar-refractivity contribution < 1.29 is 4.79 Å².